The van der Waals surface area contributed by atoms with Crippen molar-refractivity contribution in [2.24, 2.45) is 0 Å². The number of anilines is 2. The number of hydrogen-bond acceptors (Lipinski definition) is 8. The van der Waals surface area contributed by atoms with Crippen molar-refractivity contribution < 1.29 is 31.4 Å². The first-order valence-electron chi connectivity index (χ1n) is 13.6. The predicted octanol–water partition coefficient (Wildman–Crippen LogP) is 6.85. The van der Waals surface area contributed by atoms with Gasteiger partial charge in [-0.25, -0.2) is 27.2 Å². The van der Waals surface area contributed by atoms with Gasteiger partial charge in [0.25, 0.3) is 0 Å². The van der Waals surface area contributed by atoms with E-state index < -0.39 is 27.4 Å². The zero-order chi connectivity index (χ0) is 30.6. The van der Waals surface area contributed by atoms with Crippen LogP contribution in [0.3, 0.4) is 0 Å². The Morgan fingerprint density at radius 2 is 1.98 bits per heavy atom. The molecule has 1 aromatic heterocycles. The van der Waals surface area contributed by atoms with Crippen molar-refractivity contribution in [1.29, 1.82) is 0 Å². The molecule has 1 aliphatic heterocycles. The Labute approximate surface area is 253 Å². The average Bonchev–Trinajstić information content (AvgIpc) is 3.48. The fraction of sp³-hybridized carbons (Fsp3) is 0.290. The van der Waals surface area contributed by atoms with Crippen LogP contribution < -0.4 is 10.1 Å². The molecule has 0 radical (unpaired) electrons. The molecule has 0 aliphatic carbocycles. The molecule has 2 atom stereocenters. The molecule has 226 valence electrons. The van der Waals surface area contributed by atoms with E-state index in [0.29, 0.717) is 45.2 Å². The standard InChI is InChI=1S/C31H30ClF2N3O5S/c1-3-43(38,39)13-12-40-20(2)31(10-5-11-42-31)25-16-24-28(17-27(25)34)35-19-36-30(24)37-23-8-9-29(26(32)15-23)41-18-21-6-4-7-22(33)14-21/h4-9,11,14-17,19-20H,3,10,12-13,18H2,1-2H3,(H,35,36,37). The van der Waals surface area contributed by atoms with Crippen LogP contribution in [0, 0.1) is 11.6 Å². The van der Waals surface area contributed by atoms with Crippen LogP contribution in [0.5, 0.6) is 5.75 Å². The molecule has 2 unspecified atom stereocenters. The fourth-order valence-electron chi connectivity index (χ4n) is 4.85. The maximum absolute atomic E-state index is 15.6. The molecule has 0 saturated carbocycles. The van der Waals surface area contributed by atoms with Gasteiger partial charge in [-0.05, 0) is 55.0 Å². The molecule has 0 spiro atoms. The molecule has 3 aromatic carbocycles. The van der Waals surface area contributed by atoms with E-state index in [2.05, 4.69) is 15.3 Å². The Morgan fingerprint density at radius 3 is 2.70 bits per heavy atom. The molecule has 0 fully saturated rings. The first kappa shape index (κ1) is 30.7. The number of benzene rings is 3. The summed E-state index contributed by atoms with van der Waals surface area (Å²) in [6, 6.07) is 14.1. The minimum Gasteiger partial charge on any atom is -0.487 e. The van der Waals surface area contributed by atoms with E-state index in [1.807, 2.05) is 0 Å². The number of halogens is 3. The van der Waals surface area contributed by atoms with Gasteiger partial charge in [-0.2, -0.15) is 0 Å². The Kier molecular flexibility index (Phi) is 9.14. The van der Waals surface area contributed by atoms with E-state index in [0.717, 1.165) is 0 Å². The third kappa shape index (κ3) is 6.90. The van der Waals surface area contributed by atoms with E-state index in [4.69, 9.17) is 25.8 Å². The molecule has 4 aromatic rings. The van der Waals surface area contributed by atoms with Crippen molar-refractivity contribution in [1.82, 2.24) is 9.97 Å². The number of fused-ring (bicyclic) bond motifs is 1. The topological polar surface area (TPSA) is 99.6 Å². The van der Waals surface area contributed by atoms with Crippen molar-refractivity contribution in [3.05, 3.63) is 101 Å². The quantitative estimate of drug-likeness (QED) is 0.182. The summed E-state index contributed by atoms with van der Waals surface area (Å²) in [5.74, 6) is -0.199. The molecular weight excluding hydrogens is 600 g/mol. The molecule has 2 heterocycles. The minimum absolute atomic E-state index is 0.0128. The minimum atomic E-state index is -3.23. The summed E-state index contributed by atoms with van der Waals surface area (Å²) in [4.78, 5) is 8.62. The highest BCUT2D eigenvalue weighted by Gasteiger charge is 2.44. The second-order valence-corrected chi connectivity index (χ2v) is 13.0. The molecule has 0 bridgehead atoms. The van der Waals surface area contributed by atoms with Crippen LogP contribution in [0.4, 0.5) is 20.3 Å². The van der Waals surface area contributed by atoms with Crippen molar-refractivity contribution >= 4 is 43.8 Å². The summed E-state index contributed by atoms with van der Waals surface area (Å²) < 4.78 is 70.6. The summed E-state index contributed by atoms with van der Waals surface area (Å²) in [5, 5.41) is 4.07. The average molecular weight is 630 g/mol. The fourth-order valence-corrected chi connectivity index (χ4v) is 5.72. The van der Waals surface area contributed by atoms with Gasteiger partial charge in [-0.3, -0.25) is 0 Å². The molecule has 5 rings (SSSR count). The van der Waals surface area contributed by atoms with Crippen molar-refractivity contribution in [3.63, 3.8) is 0 Å². The van der Waals surface area contributed by atoms with Gasteiger partial charge in [0, 0.05) is 34.9 Å². The van der Waals surface area contributed by atoms with Crippen LogP contribution >= 0.6 is 11.6 Å². The smallest absolute Gasteiger partial charge is 0.165 e. The Hall–Kier alpha value is -3.80. The van der Waals surface area contributed by atoms with Gasteiger partial charge >= 0.3 is 0 Å². The number of nitrogens with one attached hydrogen (secondary N) is 1. The van der Waals surface area contributed by atoms with Crippen LogP contribution in [-0.4, -0.2) is 42.6 Å². The number of sulfone groups is 1. The predicted molar refractivity (Wildman–Crippen MR) is 161 cm³/mol. The van der Waals surface area contributed by atoms with Gasteiger partial charge in [0.1, 0.15) is 36.1 Å². The normalized spacial score (nSPS) is 17.1. The zero-order valence-corrected chi connectivity index (χ0v) is 25.1. The Bertz CT molecular complexity index is 1760. The lowest BCUT2D eigenvalue weighted by atomic mass is 9.85. The second kappa shape index (κ2) is 12.8. The summed E-state index contributed by atoms with van der Waals surface area (Å²) >= 11 is 6.48. The SMILES string of the molecule is CCS(=O)(=O)CCOC(C)C1(c2cc3c(Nc4ccc(OCc5cccc(F)c5)c(Cl)c4)ncnc3cc2F)CC=CO1. The van der Waals surface area contributed by atoms with Crippen LogP contribution in [0.15, 0.2) is 73.3 Å². The van der Waals surface area contributed by atoms with Crippen molar-refractivity contribution in [2.75, 3.05) is 23.4 Å². The Balaban J connectivity index is 1.39. The van der Waals surface area contributed by atoms with Gasteiger partial charge in [-0.15, -0.1) is 0 Å². The van der Waals surface area contributed by atoms with Crippen LogP contribution in [-0.2, 0) is 31.5 Å². The molecule has 8 nitrogen and oxygen atoms in total. The third-order valence-electron chi connectivity index (χ3n) is 7.31. The molecule has 12 heteroatoms. The van der Waals surface area contributed by atoms with Gasteiger partial charge in [0.15, 0.2) is 15.4 Å². The Morgan fingerprint density at radius 1 is 1.14 bits per heavy atom. The van der Waals surface area contributed by atoms with Crippen molar-refractivity contribution in [2.45, 2.75) is 38.6 Å². The van der Waals surface area contributed by atoms with Gasteiger partial charge in [0.05, 0.1) is 35.3 Å². The number of ether oxygens (including phenoxy) is 3. The highest BCUT2D eigenvalue weighted by atomic mass is 35.5. The van der Waals surface area contributed by atoms with Gasteiger partial charge in [0.2, 0.25) is 0 Å². The van der Waals surface area contributed by atoms with E-state index >= 15 is 4.39 Å². The molecule has 1 N–H and O–H groups in total. The lowest BCUT2D eigenvalue weighted by molar-refractivity contribution is -0.0981. The maximum Gasteiger partial charge on any atom is 0.165 e. The monoisotopic (exact) mass is 629 g/mol. The largest absolute Gasteiger partial charge is 0.487 e. The summed E-state index contributed by atoms with van der Waals surface area (Å²) in [6.45, 7) is 3.41. The molecular formula is C31H30ClF2N3O5S. The first-order chi connectivity index (χ1) is 20.6. The highest BCUT2D eigenvalue weighted by Crippen LogP contribution is 2.42. The summed E-state index contributed by atoms with van der Waals surface area (Å²) in [7, 11) is -3.23. The summed E-state index contributed by atoms with van der Waals surface area (Å²) in [6.07, 6.45) is 4.23. The molecule has 0 amide bonds. The highest BCUT2D eigenvalue weighted by molar-refractivity contribution is 7.91. The second-order valence-electron chi connectivity index (χ2n) is 10.1. The number of nitrogens with zero attached hydrogens (tertiary/aromatic N) is 2. The molecule has 43 heavy (non-hydrogen) atoms. The number of rotatable bonds is 12. The van der Waals surface area contributed by atoms with Gasteiger partial charge < -0.3 is 19.5 Å². The van der Waals surface area contributed by atoms with Crippen LogP contribution in [0.1, 0.15) is 31.4 Å². The zero-order valence-electron chi connectivity index (χ0n) is 23.5. The third-order valence-corrected chi connectivity index (χ3v) is 9.28. The number of aromatic nitrogens is 2. The first-order valence-corrected chi connectivity index (χ1v) is 15.8. The van der Waals surface area contributed by atoms with E-state index in [-0.39, 0.29) is 36.1 Å². The van der Waals surface area contributed by atoms with E-state index in [9.17, 15) is 12.8 Å². The van der Waals surface area contributed by atoms with Crippen LogP contribution in [0.2, 0.25) is 5.02 Å². The molecule has 1 aliphatic rings. The van der Waals surface area contributed by atoms with Crippen LogP contribution in [0.25, 0.3) is 10.9 Å². The lowest BCUT2D eigenvalue weighted by Gasteiger charge is -2.35. The lowest BCUT2D eigenvalue weighted by Crippen LogP contribution is -2.40. The maximum atomic E-state index is 15.6. The van der Waals surface area contributed by atoms with Gasteiger partial charge in [-0.1, -0.05) is 30.7 Å². The summed E-state index contributed by atoms with van der Waals surface area (Å²) in [5.41, 5.74) is 0.636. The number of hydrogen-bond donors (Lipinski definition) is 1. The van der Waals surface area contributed by atoms with Crippen molar-refractivity contribution in [3.8, 4) is 5.75 Å². The van der Waals surface area contributed by atoms with E-state index in [1.54, 1.807) is 56.3 Å². The molecule has 0 saturated heterocycles. The van der Waals surface area contributed by atoms with E-state index in [1.165, 1.54) is 30.8 Å².